The smallest absolute Gasteiger partial charge is 0.211 e. The van der Waals surface area contributed by atoms with E-state index in [4.69, 9.17) is 32.5 Å². The van der Waals surface area contributed by atoms with Crippen molar-refractivity contribution in [3.63, 3.8) is 0 Å². The van der Waals surface area contributed by atoms with Gasteiger partial charge in [-0.25, -0.2) is 0 Å². The first-order chi connectivity index (χ1) is 9.58. The SMILES string of the molecule is C=CCOc1c(Cl)cc(C=NN=C(N)N)cc1OCC. The number of hydrogen-bond acceptors (Lipinski definition) is 4. The van der Waals surface area contributed by atoms with Crippen molar-refractivity contribution in [2.75, 3.05) is 13.2 Å². The van der Waals surface area contributed by atoms with Crippen LogP contribution in [0.15, 0.2) is 35.0 Å². The second-order valence-corrected chi connectivity index (χ2v) is 4.04. The number of rotatable bonds is 7. The van der Waals surface area contributed by atoms with E-state index in [1.165, 1.54) is 6.21 Å². The molecule has 0 radical (unpaired) electrons. The molecule has 6 nitrogen and oxygen atoms in total. The second kappa shape index (κ2) is 8.06. The first-order valence-corrected chi connectivity index (χ1v) is 6.28. The van der Waals surface area contributed by atoms with Crippen LogP contribution in [-0.2, 0) is 0 Å². The van der Waals surface area contributed by atoms with E-state index < -0.39 is 0 Å². The Hall–Kier alpha value is -2.21. The van der Waals surface area contributed by atoms with Crippen LogP contribution in [0.5, 0.6) is 11.5 Å². The van der Waals surface area contributed by atoms with Gasteiger partial charge in [0.25, 0.3) is 0 Å². The topological polar surface area (TPSA) is 95.2 Å². The van der Waals surface area contributed by atoms with Crippen molar-refractivity contribution in [1.29, 1.82) is 0 Å². The van der Waals surface area contributed by atoms with Crippen LogP contribution < -0.4 is 20.9 Å². The first kappa shape index (κ1) is 15.8. The van der Waals surface area contributed by atoms with Gasteiger partial charge < -0.3 is 20.9 Å². The molecule has 0 aliphatic heterocycles. The highest BCUT2D eigenvalue weighted by molar-refractivity contribution is 6.32. The Balaban J connectivity index is 3.08. The van der Waals surface area contributed by atoms with Crippen LogP contribution in [-0.4, -0.2) is 25.4 Å². The van der Waals surface area contributed by atoms with Crippen molar-refractivity contribution in [3.8, 4) is 11.5 Å². The van der Waals surface area contributed by atoms with Gasteiger partial charge in [0.2, 0.25) is 5.96 Å². The summed E-state index contributed by atoms with van der Waals surface area (Å²) in [5.74, 6) is 0.865. The van der Waals surface area contributed by atoms with E-state index in [9.17, 15) is 0 Å². The van der Waals surface area contributed by atoms with E-state index in [-0.39, 0.29) is 5.96 Å². The summed E-state index contributed by atoms with van der Waals surface area (Å²) in [5.41, 5.74) is 11.0. The zero-order valence-electron chi connectivity index (χ0n) is 11.2. The summed E-state index contributed by atoms with van der Waals surface area (Å²) in [4.78, 5) is 0. The molecule has 108 valence electrons. The maximum Gasteiger partial charge on any atom is 0.211 e. The molecule has 1 rings (SSSR count). The maximum absolute atomic E-state index is 6.16. The molecule has 0 saturated heterocycles. The van der Waals surface area contributed by atoms with Gasteiger partial charge in [0.05, 0.1) is 17.8 Å². The Morgan fingerprint density at radius 1 is 1.40 bits per heavy atom. The Morgan fingerprint density at radius 2 is 2.15 bits per heavy atom. The monoisotopic (exact) mass is 296 g/mol. The van der Waals surface area contributed by atoms with Crippen molar-refractivity contribution >= 4 is 23.8 Å². The fourth-order valence-electron chi connectivity index (χ4n) is 1.37. The highest BCUT2D eigenvalue weighted by Gasteiger charge is 2.11. The van der Waals surface area contributed by atoms with Crippen molar-refractivity contribution < 1.29 is 9.47 Å². The van der Waals surface area contributed by atoms with Gasteiger partial charge in [-0.05, 0) is 19.1 Å². The number of hydrogen-bond donors (Lipinski definition) is 2. The number of benzene rings is 1. The number of guanidine groups is 1. The third kappa shape index (κ3) is 4.81. The van der Waals surface area contributed by atoms with Crippen LogP contribution in [0.4, 0.5) is 0 Å². The Labute approximate surface area is 122 Å². The summed E-state index contributed by atoms with van der Waals surface area (Å²) < 4.78 is 11.0. The zero-order chi connectivity index (χ0) is 15.0. The molecule has 0 fully saturated rings. The molecule has 0 bridgehead atoms. The van der Waals surface area contributed by atoms with Crippen molar-refractivity contribution in [3.05, 3.63) is 35.4 Å². The lowest BCUT2D eigenvalue weighted by molar-refractivity contribution is 0.297. The summed E-state index contributed by atoms with van der Waals surface area (Å²) in [7, 11) is 0. The van der Waals surface area contributed by atoms with Crippen LogP contribution in [0.1, 0.15) is 12.5 Å². The fraction of sp³-hybridized carbons (Fsp3) is 0.231. The molecule has 4 N–H and O–H groups in total. The van der Waals surface area contributed by atoms with Crippen LogP contribution in [0.3, 0.4) is 0 Å². The molecule has 0 aromatic heterocycles. The summed E-state index contributed by atoms with van der Waals surface area (Å²) in [6, 6.07) is 3.41. The number of ether oxygens (including phenoxy) is 2. The molecule has 0 spiro atoms. The average molecular weight is 297 g/mol. The molecule has 0 unspecified atom stereocenters. The van der Waals surface area contributed by atoms with Crippen LogP contribution in [0.2, 0.25) is 5.02 Å². The lowest BCUT2D eigenvalue weighted by Crippen LogP contribution is -2.21. The highest BCUT2D eigenvalue weighted by atomic mass is 35.5. The summed E-state index contributed by atoms with van der Waals surface area (Å²) in [5, 5.41) is 7.63. The molecule has 0 saturated carbocycles. The van der Waals surface area contributed by atoms with E-state index in [1.807, 2.05) is 6.92 Å². The molecule has 0 amide bonds. The third-order valence-corrected chi connectivity index (χ3v) is 2.34. The first-order valence-electron chi connectivity index (χ1n) is 5.90. The predicted octanol–water partition coefficient (Wildman–Crippen LogP) is 1.91. The standard InChI is InChI=1S/C13H17ClN4O2/c1-3-5-20-12-10(14)6-9(7-11(12)19-4-2)8-17-18-13(15)16/h3,6-8H,1,4-5H2,2H3,(H4,15,16,18). The maximum atomic E-state index is 6.16. The lowest BCUT2D eigenvalue weighted by atomic mass is 10.2. The molecule has 20 heavy (non-hydrogen) atoms. The quantitative estimate of drug-likeness (QED) is 0.348. The molecule has 0 aliphatic carbocycles. The van der Waals surface area contributed by atoms with E-state index in [0.717, 1.165) is 0 Å². The average Bonchev–Trinajstić information content (AvgIpc) is 2.38. The van der Waals surface area contributed by atoms with E-state index in [2.05, 4.69) is 16.8 Å². The molecular formula is C13H17ClN4O2. The fourth-order valence-corrected chi connectivity index (χ4v) is 1.64. The summed E-state index contributed by atoms with van der Waals surface area (Å²) in [6.45, 7) is 6.27. The van der Waals surface area contributed by atoms with Gasteiger partial charge in [0, 0.05) is 5.56 Å². The van der Waals surface area contributed by atoms with E-state index in [0.29, 0.717) is 35.3 Å². The Morgan fingerprint density at radius 3 is 2.75 bits per heavy atom. The highest BCUT2D eigenvalue weighted by Crippen LogP contribution is 2.36. The molecule has 1 aromatic carbocycles. The van der Waals surface area contributed by atoms with Gasteiger partial charge in [0.1, 0.15) is 6.61 Å². The second-order valence-electron chi connectivity index (χ2n) is 3.63. The minimum absolute atomic E-state index is 0.122. The van der Waals surface area contributed by atoms with Gasteiger partial charge in [-0.15, -0.1) is 5.10 Å². The van der Waals surface area contributed by atoms with Gasteiger partial charge in [-0.3, -0.25) is 0 Å². The van der Waals surface area contributed by atoms with Gasteiger partial charge in [-0.1, -0.05) is 24.3 Å². The minimum atomic E-state index is -0.122. The summed E-state index contributed by atoms with van der Waals surface area (Å²) >= 11 is 6.16. The number of nitrogens with zero attached hydrogens (tertiary/aromatic N) is 2. The van der Waals surface area contributed by atoms with Crippen LogP contribution >= 0.6 is 11.6 Å². The van der Waals surface area contributed by atoms with Crippen molar-refractivity contribution in [2.45, 2.75) is 6.92 Å². The molecular weight excluding hydrogens is 280 g/mol. The predicted molar refractivity (Wildman–Crippen MR) is 81.7 cm³/mol. The lowest BCUT2D eigenvalue weighted by Gasteiger charge is -2.13. The zero-order valence-corrected chi connectivity index (χ0v) is 11.9. The van der Waals surface area contributed by atoms with E-state index >= 15 is 0 Å². The molecule has 1 aromatic rings. The molecule has 0 heterocycles. The molecule has 0 aliphatic rings. The third-order valence-electron chi connectivity index (χ3n) is 2.06. The normalized spacial score (nSPS) is 10.3. The van der Waals surface area contributed by atoms with Crippen LogP contribution in [0, 0.1) is 0 Å². The Bertz CT molecular complexity index is 525. The number of nitrogens with two attached hydrogens (primary N) is 2. The largest absolute Gasteiger partial charge is 0.490 e. The van der Waals surface area contributed by atoms with Gasteiger partial charge in [0.15, 0.2) is 11.5 Å². The van der Waals surface area contributed by atoms with Gasteiger partial charge >= 0.3 is 0 Å². The Kier molecular flexibility index (Phi) is 6.39. The van der Waals surface area contributed by atoms with Gasteiger partial charge in [-0.2, -0.15) is 5.10 Å². The minimum Gasteiger partial charge on any atom is -0.490 e. The van der Waals surface area contributed by atoms with Crippen LogP contribution in [0.25, 0.3) is 0 Å². The van der Waals surface area contributed by atoms with E-state index in [1.54, 1.807) is 18.2 Å². The van der Waals surface area contributed by atoms with Crippen molar-refractivity contribution in [2.24, 2.45) is 21.7 Å². The number of halogens is 1. The summed E-state index contributed by atoms with van der Waals surface area (Å²) in [6.07, 6.45) is 3.09. The van der Waals surface area contributed by atoms with Crippen molar-refractivity contribution in [1.82, 2.24) is 0 Å². The molecule has 7 heteroatoms. The molecule has 0 atom stereocenters.